The zero-order valence-corrected chi connectivity index (χ0v) is 16.8. The van der Waals surface area contributed by atoms with Crippen LogP contribution < -0.4 is 0 Å². The number of aliphatic hydroxyl groups is 2. The second kappa shape index (κ2) is 23.5. The normalized spacial score (nSPS) is 12.4. The molecule has 0 fully saturated rings. The van der Waals surface area contributed by atoms with Crippen LogP contribution in [-0.2, 0) is 23.7 Å². The summed E-state index contributed by atoms with van der Waals surface area (Å²) in [4.78, 5) is 0. The molecule has 7 nitrogen and oxygen atoms in total. The molecule has 0 rings (SSSR count). The Bertz CT molecular complexity index is 290. The van der Waals surface area contributed by atoms with Gasteiger partial charge in [-0.2, -0.15) is 0 Å². The first-order chi connectivity index (χ1) is 13.3. The quantitative estimate of drug-likeness (QED) is 0.203. The van der Waals surface area contributed by atoms with Gasteiger partial charge in [0.2, 0.25) is 0 Å². The molecule has 1 unspecified atom stereocenters. The van der Waals surface area contributed by atoms with Crippen LogP contribution in [0.3, 0.4) is 0 Å². The highest BCUT2D eigenvalue weighted by molar-refractivity contribution is 4.65. The SMILES string of the molecule is C=CCCCCCCC(O)COCCOCCOCCOCCOCCO. The molecule has 0 aromatic rings. The first kappa shape index (κ1) is 26.5. The van der Waals surface area contributed by atoms with Crippen molar-refractivity contribution < 1.29 is 33.9 Å². The second-order valence-electron chi connectivity index (χ2n) is 6.18. The molecule has 27 heavy (non-hydrogen) atoms. The van der Waals surface area contributed by atoms with Gasteiger partial charge >= 0.3 is 0 Å². The molecule has 1 atom stereocenters. The van der Waals surface area contributed by atoms with Crippen LogP contribution in [0.5, 0.6) is 0 Å². The van der Waals surface area contributed by atoms with Gasteiger partial charge in [0, 0.05) is 0 Å². The number of allylic oxidation sites excluding steroid dienone is 1. The summed E-state index contributed by atoms with van der Waals surface area (Å²) in [5.74, 6) is 0. The molecule has 0 bridgehead atoms. The Kier molecular flexibility index (Phi) is 23.0. The molecule has 0 aliphatic carbocycles. The number of rotatable bonds is 23. The van der Waals surface area contributed by atoms with Crippen molar-refractivity contribution >= 4 is 0 Å². The maximum Gasteiger partial charge on any atom is 0.0773 e. The fraction of sp³-hybridized carbons (Fsp3) is 0.900. The van der Waals surface area contributed by atoms with Crippen molar-refractivity contribution in [2.24, 2.45) is 0 Å². The molecular formula is C20H40O7. The van der Waals surface area contributed by atoms with Gasteiger partial charge in [0.15, 0.2) is 0 Å². The van der Waals surface area contributed by atoms with Gasteiger partial charge in [-0.05, 0) is 19.3 Å². The predicted molar refractivity (Wildman–Crippen MR) is 105 cm³/mol. The highest BCUT2D eigenvalue weighted by Gasteiger charge is 2.03. The molecule has 0 aromatic carbocycles. The van der Waals surface area contributed by atoms with E-state index < -0.39 is 0 Å². The fourth-order valence-electron chi connectivity index (χ4n) is 2.27. The summed E-state index contributed by atoms with van der Waals surface area (Å²) in [5, 5.41) is 18.3. The predicted octanol–water partition coefficient (Wildman–Crippen LogP) is 1.95. The summed E-state index contributed by atoms with van der Waals surface area (Å²) in [7, 11) is 0. The first-order valence-corrected chi connectivity index (χ1v) is 10.1. The van der Waals surface area contributed by atoms with Gasteiger partial charge in [-0.15, -0.1) is 6.58 Å². The molecule has 0 aliphatic heterocycles. The Hall–Kier alpha value is -0.540. The van der Waals surface area contributed by atoms with E-state index in [1.807, 2.05) is 6.08 Å². The maximum atomic E-state index is 9.82. The Labute approximate surface area is 164 Å². The van der Waals surface area contributed by atoms with Gasteiger partial charge in [0.25, 0.3) is 0 Å². The summed E-state index contributed by atoms with van der Waals surface area (Å²) < 4.78 is 26.5. The zero-order valence-electron chi connectivity index (χ0n) is 16.8. The summed E-state index contributed by atoms with van der Waals surface area (Å²) in [6.07, 6.45) is 7.99. The van der Waals surface area contributed by atoms with Gasteiger partial charge in [0.1, 0.15) is 0 Å². The minimum atomic E-state index is -0.387. The number of hydrogen-bond acceptors (Lipinski definition) is 7. The van der Waals surface area contributed by atoms with Crippen molar-refractivity contribution in [2.75, 3.05) is 72.7 Å². The molecule has 0 aliphatic rings. The Morgan fingerprint density at radius 2 is 1.15 bits per heavy atom. The van der Waals surface area contributed by atoms with Crippen molar-refractivity contribution in [1.29, 1.82) is 0 Å². The van der Waals surface area contributed by atoms with E-state index in [0.29, 0.717) is 66.1 Å². The Balaban J connectivity index is 3.10. The van der Waals surface area contributed by atoms with Crippen molar-refractivity contribution in [2.45, 2.75) is 44.6 Å². The van der Waals surface area contributed by atoms with Crippen LogP contribution in [-0.4, -0.2) is 89.0 Å². The molecular weight excluding hydrogens is 352 g/mol. The average Bonchev–Trinajstić information content (AvgIpc) is 2.67. The summed E-state index contributed by atoms with van der Waals surface area (Å²) in [6, 6.07) is 0. The minimum absolute atomic E-state index is 0.0332. The molecule has 2 N–H and O–H groups in total. The average molecular weight is 393 g/mol. The standard InChI is InChI=1S/C20H40O7/c1-2-3-4-5-6-7-8-20(22)19-27-18-17-26-16-15-25-14-13-24-12-11-23-10-9-21/h2,20-22H,1,3-19H2. The summed E-state index contributed by atoms with van der Waals surface area (Å²) >= 11 is 0. The van der Waals surface area contributed by atoms with Crippen molar-refractivity contribution in [3.63, 3.8) is 0 Å². The van der Waals surface area contributed by atoms with Crippen LogP contribution in [0, 0.1) is 0 Å². The summed E-state index contributed by atoms with van der Waals surface area (Å²) in [6.45, 7) is 8.46. The molecule has 0 saturated heterocycles. The molecule has 0 aromatic heterocycles. The van der Waals surface area contributed by atoms with E-state index in [-0.39, 0.29) is 12.7 Å². The fourth-order valence-corrected chi connectivity index (χ4v) is 2.27. The molecule has 0 amide bonds. The lowest BCUT2D eigenvalue weighted by Crippen LogP contribution is -2.18. The van der Waals surface area contributed by atoms with Crippen molar-refractivity contribution in [3.05, 3.63) is 12.7 Å². The first-order valence-electron chi connectivity index (χ1n) is 10.1. The Morgan fingerprint density at radius 3 is 1.67 bits per heavy atom. The van der Waals surface area contributed by atoms with E-state index in [9.17, 15) is 5.11 Å². The van der Waals surface area contributed by atoms with E-state index in [2.05, 4.69) is 6.58 Å². The van der Waals surface area contributed by atoms with E-state index in [1.54, 1.807) is 0 Å². The molecule has 7 heteroatoms. The van der Waals surface area contributed by atoms with E-state index in [4.69, 9.17) is 28.8 Å². The third-order valence-electron chi connectivity index (χ3n) is 3.73. The topological polar surface area (TPSA) is 86.6 Å². The second-order valence-corrected chi connectivity index (χ2v) is 6.18. The van der Waals surface area contributed by atoms with Crippen LogP contribution in [0.2, 0.25) is 0 Å². The number of unbranched alkanes of at least 4 members (excludes halogenated alkanes) is 4. The highest BCUT2D eigenvalue weighted by atomic mass is 16.6. The van der Waals surface area contributed by atoms with E-state index >= 15 is 0 Å². The van der Waals surface area contributed by atoms with Crippen molar-refractivity contribution in [3.8, 4) is 0 Å². The number of aliphatic hydroxyl groups excluding tert-OH is 2. The monoisotopic (exact) mass is 392 g/mol. The van der Waals surface area contributed by atoms with Crippen LogP contribution in [0.1, 0.15) is 38.5 Å². The van der Waals surface area contributed by atoms with Crippen LogP contribution >= 0.6 is 0 Å². The van der Waals surface area contributed by atoms with E-state index in [0.717, 1.165) is 25.7 Å². The third-order valence-corrected chi connectivity index (χ3v) is 3.73. The lowest BCUT2D eigenvalue weighted by atomic mass is 10.1. The van der Waals surface area contributed by atoms with Crippen LogP contribution in [0.4, 0.5) is 0 Å². The van der Waals surface area contributed by atoms with Gasteiger partial charge in [-0.1, -0.05) is 25.3 Å². The van der Waals surface area contributed by atoms with Gasteiger partial charge < -0.3 is 33.9 Å². The van der Waals surface area contributed by atoms with Crippen molar-refractivity contribution in [1.82, 2.24) is 0 Å². The number of ether oxygens (including phenoxy) is 5. The van der Waals surface area contributed by atoms with Gasteiger partial charge in [-0.3, -0.25) is 0 Å². The van der Waals surface area contributed by atoms with Crippen LogP contribution in [0.25, 0.3) is 0 Å². The maximum absolute atomic E-state index is 9.82. The lowest BCUT2D eigenvalue weighted by molar-refractivity contribution is -0.0229. The van der Waals surface area contributed by atoms with Crippen LogP contribution in [0.15, 0.2) is 12.7 Å². The van der Waals surface area contributed by atoms with E-state index in [1.165, 1.54) is 12.8 Å². The molecule has 0 spiro atoms. The third kappa shape index (κ3) is 23.4. The van der Waals surface area contributed by atoms with Gasteiger partial charge in [0.05, 0.1) is 78.8 Å². The largest absolute Gasteiger partial charge is 0.394 e. The highest BCUT2D eigenvalue weighted by Crippen LogP contribution is 2.08. The van der Waals surface area contributed by atoms with Gasteiger partial charge in [-0.25, -0.2) is 0 Å². The minimum Gasteiger partial charge on any atom is -0.394 e. The smallest absolute Gasteiger partial charge is 0.0773 e. The summed E-state index contributed by atoms with van der Waals surface area (Å²) in [5.41, 5.74) is 0. The lowest BCUT2D eigenvalue weighted by Gasteiger charge is -2.11. The zero-order chi connectivity index (χ0) is 19.8. The molecule has 162 valence electrons. The molecule has 0 radical (unpaired) electrons. The molecule has 0 saturated carbocycles. The Morgan fingerprint density at radius 1 is 0.667 bits per heavy atom. The number of hydrogen-bond donors (Lipinski definition) is 2. The molecule has 0 heterocycles.